The zero-order chi connectivity index (χ0) is 16.9. The fourth-order valence-corrected chi connectivity index (χ4v) is 7.33. The molecule has 0 bridgehead atoms. The van der Waals surface area contributed by atoms with E-state index in [9.17, 15) is 4.79 Å². The van der Waals surface area contributed by atoms with E-state index >= 15 is 0 Å². The van der Waals surface area contributed by atoms with E-state index in [0.29, 0.717) is 17.6 Å². The summed E-state index contributed by atoms with van der Waals surface area (Å²) in [6.07, 6.45) is 11.6. The molecular formula is C21H28O4. The van der Waals surface area contributed by atoms with E-state index in [1.54, 1.807) is 5.57 Å². The molecule has 4 aliphatic carbocycles. The van der Waals surface area contributed by atoms with Crippen molar-refractivity contribution < 1.29 is 19.0 Å². The Balaban J connectivity index is 1.39. The number of carbonyl (C=O) groups is 1. The van der Waals surface area contributed by atoms with Gasteiger partial charge in [-0.1, -0.05) is 13.0 Å². The quantitative estimate of drug-likeness (QED) is 0.498. The molecule has 136 valence electrons. The monoisotopic (exact) mass is 344 g/mol. The van der Waals surface area contributed by atoms with Gasteiger partial charge >= 0.3 is 0 Å². The minimum absolute atomic E-state index is 0.0630. The van der Waals surface area contributed by atoms with Crippen molar-refractivity contribution in [2.24, 2.45) is 17.3 Å². The number of epoxide rings is 1. The van der Waals surface area contributed by atoms with Crippen molar-refractivity contribution in [1.82, 2.24) is 0 Å². The molecule has 25 heavy (non-hydrogen) atoms. The van der Waals surface area contributed by atoms with E-state index in [0.717, 1.165) is 58.2 Å². The maximum Gasteiger partial charge on any atom is 0.171 e. The Bertz CT molecular complexity index is 677. The lowest BCUT2D eigenvalue weighted by molar-refractivity contribution is -0.183. The number of rotatable bonds is 0. The first-order valence-corrected chi connectivity index (χ1v) is 10.2. The first-order chi connectivity index (χ1) is 12.0. The third-order valence-electron chi connectivity index (χ3n) is 8.62. The second-order valence-electron chi connectivity index (χ2n) is 9.56. The Kier molecular flexibility index (Phi) is 2.81. The van der Waals surface area contributed by atoms with Crippen LogP contribution >= 0.6 is 0 Å². The Morgan fingerprint density at radius 1 is 1.12 bits per heavy atom. The average molecular weight is 344 g/mol. The van der Waals surface area contributed by atoms with Crippen molar-refractivity contribution in [2.45, 2.75) is 81.7 Å². The van der Waals surface area contributed by atoms with Gasteiger partial charge in [0.25, 0.3) is 0 Å². The molecule has 0 aromatic rings. The summed E-state index contributed by atoms with van der Waals surface area (Å²) >= 11 is 0. The summed E-state index contributed by atoms with van der Waals surface area (Å²) in [5, 5.41) is 0. The number of hydrogen-bond donors (Lipinski definition) is 0. The summed E-state index contributed by atoms with van der Waals surface area (Å²) < 4.78 is 18.7. The van der Waals surface area contributed by atoms with Gasteiger partial charge in [0, 0.05) is 24.7 Å². The van der Waals surface area contributed by atoms with E-state index in [1.807, 2.05) is 0 Å². The van der Waals surface area contributed by atoms with Gasteiger partial charge in [-0.05, 0) is 55.9 Å². The van der Waals surface area contributed by atoms with Crippen molar-refractivity contribution in [3.05, 3.63) is 11.6 Å². The molecule has 0 amide bonds. The van der Waals surface area contributed by atoms with Crippen LogP contribution in [0.1, 0.15) is 64.7 Å². The maximum atomic E-state index is 12.5. The predicted octanol–water partition coefficient (Wildman–Crippen LogP) is 3.54. The summed E-state index contributed by atoms with van der Waals surface area (Å²) in [4.78, 5) is 12.5. The SMILES string of the molecule is CC12CC=C3C(CCC[C@@]45CC6(CCC34O5)OCCO6)C1CCC2=O. The van der Waals surface area contributed by atoms with Crippen LogP contribution < -0.4 is 0 Å². The molecule has 1 spiro atoms. The number of Topliss-reactive ketones (excluding diaryl/α,β-unsaturated/α-hetero) is 1. The number of carbonyl (C=O) groups excluding carboxylic acids is 1. The summed E-state index contributed by atoms with van der Waals surface area (Å²) in [6, 6.07) is 0. The van der Waals surface area contributed by atoms with Gasteiger partial charge < -0.3 is 14.2 Å². The maximum absolute atomic E-state index is 12.5. The van der Waals surface area contributed by atoms with Crippen LogP contribution in [0.2, 0.25) is 0 Å². The molecule has 4 nitrogen and oxygen atoms in total. The van der Waals surface area contributed by atoms with Gasteiger partial charge in [-0.3, -0.25) is 4.79 Å². The summed E-state index contributed by atoms with van der Waals surface area (Å²) in [5.74, 6) is 1.19. The Hall–Kier alpha value is -0.710. The Labute approximate surface area is 149 Å². The normalized spacial score (nSPS) is 52.7. The number of hydrogen-bond acceptors (Lipinski definition) is 4. The third kappa shape index (κ3) is 1.72. The molecule has 6 aliphatic rings. The van der Waals surface area contributed by atoms with E-state index < -0.39 is 0 Å². The van der Waals surface area contributed by atoms with Crippen LogP contribution in [0.15, 0.2) is 11.6 Å². The first-order valence-electron chi connectivity index (χ1n) is 10.2. The summed E-state index contributed by atoms with van der Waals surface area (Å²) in [7, 11) is 0. The molecule has 0 aromatic carbocycles. The van der Waals surface area contributed by atoms with Crippen LogP contribution in [0.25, 0.3) is 0 Å². The van der Waals surface area contributed by atoms with E-state index in [-0.39, 0.29) is 22.4 Å². The number of ketones is 1. The summed E-state index contributed by atoms with van der Waals surface area (Å²) in [5.41, 5.74) is 1.31. The topological polar surface area (TPSA) is 48.1 Å². The molecule has 5 fully saturated rings. The third-order valence-corrected chi connectivity index (χ3v) is 8.62. The van der Waals surface area contributed by atoms with Crippen LogP contribution in [0.3, 0.4) is 0 Å². The lowest BCUT2D eigenvalue weighted by Gasteiger charge is -2.43. The van der Waals surface area contributed by atoms with Gasteiger partial charge in [0.15, 0.2) is 5.79 Å². The minimum Gasteiger partial charge on any atom is -0.358 e. The molecule has 4 unspecified atom stereocenters. The van der Waals surface area contributed by atoms with E-state index in [2.05, 4.69) is 13.0 Å². The number of allylic oxidation sites excluding steroid dienone is 1. The van der Waals surface area contributed by atoms with Crippen molar-refractivity contribution in [2.75, 3.05) is 13.2 Å². The first kappa shape index (κ1) is 15.4. The highest BCUT2D eigenvalue weighted by molar-refractivity contribution is 5.87. The fraction of sp³-hybridized carbons (Fsp3) is 0.857. The van der Waals surface area contributed by atoms with Crippen LogP contribution in [-0.4, -0.2) is 36.0 Å². The van der Waals surface area contributed by atoms with Crippen molar-refractivity contribution in [1.29, 1.82) is 0 Å². The molecule has 2 aliphatic heterocycles. The lowest BCUT2D eigenvalue weighted by atomic mass is 9.59. The van der Waals surface area contributed by atoms with Crippen LogP contribution in [-0.2, 0) is 19.0 Å². The molecule has 4 heteroatoms. The van der Waals surface area contributed by atoms with Gasteiger partial charge in [-0.15, -0.1) is 0 Å². The molecule has 2 saturated heterocycles. The highest BCUT2D eigenvalue weighted by atomic mass is 16.7. The van der Waals surface area contributed by atoms with Gasteiger partial charge in [0.05, 0.1) is 13.2 Å². The molecule has 3 saturated carbocycles. The van der Waals surface area contributed by atoms with Gasteiger partial charge in [0.1, 0.15) is 17.0 Å². The molecule has 0 aromatic heterocycles. The molecule has 5 atom stereocenters. The molecule has 6 rings (SSSR count). The van der Waals surface area contributed by atoms with Gasteiger partial charge in [-0.25, -0.2) is 0 Å². The van der Waals surface area contributed by atoms with E-state index in [4.69, 9.17) is 14.2 Å². The van der Waals surface area contributed by atoms with Crippen molar-refractivity contribution >= 4 is 5.78 Å². The highest BCUT2D eigenvalue weighted by Gasteiger charge is 2.78. The molecule has 2 heterocycles. The fourth-order valence-electron chi connectivity index (χ4n) is 7.33. The number of ether oxygens (including phenoxy) is 3. The van der Waals surface area contributed by atoms with Crippen LogP contribution in [0.5, 0.6) is 0 Å². The lowest BCUT2D eigenvalue weighted by Crippen LogP contribution is -2.47. The van der Waals surface area contributed by atoms with Gasteiger partial charge in [0.2, 0.25) is 0 Å². The highest BCUT2D eigenvalue weighted by Crippen LogP contribution is 2.71. The molecular weight excluding hydrogens is 316 g/mol. The predicted molar refractivity (Wildman–Crippen MR) is 90.9 cm³/mol. The van der Waals surface area contributed by atoms with Gasteiger partial charge in [-0.2, -0.15) is 0 Å². The van der Waals surface area contributed by atoms with E-state index in [1.165, 1.54) is 12.8 Å². The second kappa shape index (κ2) is 4.58. The van der Waals surface area contributed by atoms with Crippen molar-refractivity contribution in [3.63, 3.8) is 0 Å². The van der Waals surface area contributed by atoms with Crippen LogP contribution in [0.4, 0.5) is 0 Å². The Morgan fingerprint density at radius 3 is 2.80 bits per heavy atom. The molecule has 0 N–H and O–H groups in total. The van der Waals surface area contributed by atoms with Crippen molar-refractivity contribution in [3.8, 4) is 0 Å². The van der Waals surface area contributed by atoms with Crippen LogP contribution in [0, 0.1) is 17.3 Å². The Morgan fingerprint density at radius 2 is 1.96 bits per heavy atom. The standard InChI is InChI=1S/C21H28O4/c1-18-8-6-16-14(15(18)4-5-17(18)22)3-2-7-19-13-20(23-11-12-24-20)9-10-21(16,19)25-19/h6,14-15H,2-5,7-13H2,1H3/t14?,15?,18?,19-,21?/m1/s1. The summed E-state index contributed by atoms with van der Waals surface area (Å²) in [6.45, 7) is 3.66. The zero-order valence-electron chi connectivity index (χ0n) is 15.1. The number of fused-ring (bicyclic) bond motifs is 3. The second-order valence-corrected chi connectivity index (χ2v) is 9.56. The minimum atomic E-state index is -0.382. The zero-order valence-corrected chi connectivity index (χ0v) is 15.1. The molecule has 0 radical (unpaired) electrons. The smallest absolute Gasteiger partial charge is 0.171 e. The average Bonchev–Trinajstić information content (AvgIpc) is 2.89. The largest absolute Gasteiger partial charge is 0.358 e.